The molecule has 2 N–H and O–H groups in total. The molecule has 3 rings (SSSR count). The van der Waals surface area contributed by atoms with Gasteiger partial charge in [-0.3, -0.25) is 4.79 Å². The summed E-state index contributed by atoms with van der Waals surface area (Å²) in [4.78, 5) is 17.4. The summed E-state index contributed by atoms with van der Waals surface area (Å²) in [6.07, 6.45) is 3.26. The van der Waals surface area contributed by atoms with Gasteiger partial charge in [0.05, 0.1) is 5.52 Å². The van der Waals surface area contributed by atoms with Gasteiger partial charge >= 0.3 is 5.97 Å². The zero-order valence-corrected chi connectivity index (χ0v) is 15.6. The van der Waals surface area contributed by atoms with Crippen LogP contribution in [0, 0.1) is 0 Å². The van der Waals surface area contributed by atoms with Crippen molar-refractivity contribution in [3.63, 3.8) is 0 Å². The average Bonchev–Trinajstić information content (AvgIpc) is 2.64. The van der Waals surface area contributed by atoms with Gasteiger partial charge in [-0.2, -0.15) is 0 Å². The molecule has 1 heterocycles. The van der Waals surface area contributed by atoms with E-state index < -0.39 is 5.97 Å². The van der Waals surface area contributed by atoms with E-state index in [0.717, 1.165) is 41.3 Å². The lowest BCUT2D eigenvalue weighted by Crippen LogP contribution is -2.26. The number of unbranched alkanes of at least 4 members (excludes halogenated alkanes) is 1. The Balaban J connectivity index is 2.17. The number of aliphatic carboxylic acids is 1. The number of hydrogen-bond donors (Lipinski definition) is 2. The minimum absolute atomic E-state index is 0.132. The minimum Gasteiger partial charge on any atom is -0.508 e. The Bertz CT molecular complexity index is 969. The van der Waals surface area contributed by atoms with E-state index in [2.05, 4.69) is 24.0 Å². The summed E-state index contributed by atoms with van der Waals surface area (Å²) < 4.78 is 0. The second-order valence-electron chi connectivity index (χ2n) is 6.78. The number of carboxylic acid groups (broad SMARTS) is 1. The first-order valence-electron chi connectivity index (χ1n) is 9.14. The Labute approximate surface area is 158 Å². The summed E-state index contributed by atoms with van der Waals surface area (Å²) >= 11 is 0. The lowest BCUT2D eigenvalue weighted by molar-refractivity contribution is -0.135. The third-order valence-corrected chi connectivity index (χ3v) is 4.60. The SMILES string of the molecule is CCCCc1ccc2nc(N(C)CC(=O)O)cc(-c3cccc(O)c3)c2c1. The molecule has 0 spiro atoms. The van der Waals surface area contributed by atoms with Crippen molar-refractivity contribution in [2.75, 3.05) is 18.5 Å². The number of aromatic hydroxyl groups is 1. The standard InChI is InChI=1S/C22H24N2O3/c1-3-4-6-15-9-10-20-19(11-15)18(16-7-5-8-17(25)12-16)13-21(23-20)24(2)14-22(26)27/h5,7-13,25H,3-4,6,14H2,1-2H3,(H,26,27). The molecular weight excluding hydrogens is 340 g/mol. The van der Waals surface area contributed by atoms with E-state index in [9.17, 15) is 9.90 Å². The number of phenols is 1. The zero-order chi connectivity index (χ0) is 19.4. The summed E-state index contributed by atoms with van der Waals surface area (Å²) in [6.45, 7) is 2.04. The number of pyridine rings is 1. The van der Waals surface area contributed by atoms with Gasteiger partial charge in [0, 0.05) is 12.4 Å². The van der Waals surface area contributed by atoms with Crippen molar-refractivity contribution in [2.24, 2.45) is 0 Å². The van der Waals surface area contributed by atoms with E-state index in [1.54, 1.807) is 30.1 Å². The van der Waals surface area contributed by atoms with Crippen LogP contribution in [0.25, 0.3) is 22.0 Å². The van der Waals surface area contributed by atoms with E-state index in [1.807, 2.05) is 18.2 Å². The number of nitrogens with zero attached hydrogens (tertiary/aromatic N) is 2. The molecule has 5 nitrogen and oxygen atoms in total. The van der Waals surface area contributed by atoms with Crippen LogP contribution in [0.2, 0.25) is 0 Å². The van der Waals surface area contributed by atoms with Gasteiger partial charge in [0.15, 0.2) is 0 Å². The van der Waals surface area contributed by atoms with Crippen LogP contribution in [-0.4, -0.2) is 34.8 Å². The lowest BCUT2D eigenvalue weighted by atomic mass is 9.97. The molecule has 0 fully saturated rings. The van der Waals surface area contributed by atoms with Gasteiger partial charge in [0.1, 0.15) is 18.1 Å². The van der Waals surface area contributed by atoms with E-state index in [4.69, 9.17) is 5.11 Å². The number of aryl methyl sites for hydroxylation is 1. The topological polar surface area (TPSA) is 73.7 Å². The normalized spacial score (nSPS) is 10.9. The van der Waals surface area contributed by atoms with Crippen LogP contribution < -0.4 is 4.90 Å². The highest BCUT2D eigenvalue weighted by atomic mass is 16.4. The molecule has 27 heavy (non-hydrogen) atoms. The molecule has 140 valence electrons. The summed E-state index contributed by atoms with van der Waals surface area (Å²) in [5.74, 6) is -0.127. The van der Waals surface area contributed by atoms with Crippen LogP contribution in [0.1, 0.15) is 25.3 Å². The van der Waals surface area contributed by atoms with Crippen molar-refractivity contribution in [1.82, 2.24) is 4.98 Å². The van der Waals surface area contributed by atoms with E-state index in [-0.39, 0.29) is 12.3 Å². The van der Waals surface area contributed by atoms with Gasteiger partial charge in [-0.25, -0.2) is 4.98 Å². The third-order valence-electron chi connectivity index (χ3n) is 4.60. The fraction of sp³-hybridized carbons (Fsp3) is 0.273. The highest BCUT2D eigenvalue weighted by Crippen LogP contribution is 2.33. The molecule has 0 bridgehead atoms. The number of benzene rings is 2. The number of carboxylic acids is 1. The highest BCUT2D eigenvalue weighted by Gasteiger charge is 2.13. The van der Waals surface area contributed by atoms with Crippen LogP contribution >= 0.6 is 0 Å². The molecular formula is C22H24N2O3. The average molecular weight is 364 g/mol. The number of rotatable bonds is 7. The first kappa shape index (κ1) is 18.7. The van der Waals surface area contributed by atoms with Crippen molar-refractivity contribution in [3.05, 3.63) is 54.1 Å². The summed E-state index contributed by atoms with van der Waals surface area (Å²) in [7, 11) is 1.71. The van der Waals surface area contributed by atoms with Crippen molar-refractivity contribution < 1.29 is 15.0 Å². The second-order valence-corrected chi connectivity index (χ2v) is 6.78. The Morgan fingerprint density at radius 1 is 1.15 bits per heavy atom. The maximum atomic E-state index is 11.1. The van der Waals surface area contributed by atoms with Crippen molar-refractivity contribution in [1.29, 1.82) is 0 Å². The molecule has 0 saturated heterocycles. The molecule has 5 heteroatoms. The predicted octanol–water partition coefficient (Wildman–Crippen LogP) is 4.47. The van der Waals surface area contributed by atoms with E-state index >= 15 is 0 Å². The summed E-state index contributed by atoms with van der Waals surface area (Å²) in [5.41, 5.74) is 3.86. The van der Waals surface area contributed by atoms with Crippen LogP contribution in [-0.2, 0) is 11.2 Å². The molecule has 0 unspecified atom stereocenters. The molecule has 0 atom stereocenters. The molecule has 0 amide bonds. The smallest absolute Gasteiger partial charge is 0.323 e. The number of hydrogen-bond acceptors (Lipinski definition) is 4. The predicted molar refractivity (Wildman–Crippen MR) is 108 cm³/mol. The molecule has 0 aliphatic carbocycles. The first-order valence-corrected chi connectivity index (χ1v) is 9.14. The van der Waals surface area contributed by atoms with Crippen molar-refractivity contribution >= 4 is 22.7 Å². The zero-order valence-electron chi connectivity index (χ0n) is 15.6. The number of phenolic OH excluding ortho intramolecular Hbond substituents is 1. The van der Waals surface area contributed by atoms with Crippen LogP contribution in [0.3, 0.4) is 0 Å². The summed E-state index contributed by atoms with van der Waals surface area (Å²) in [6, 6.07) is 15.2. The largest absolute Gasteiger partial charge is 0.508 e. The number of aromatic nitrogens is 1. The maximum absolute atomic E-state index is 11.1. The van der Waals surface area contributed by atoms with Gasteiger partial charge in [0.2, 0.25) is 0 Å². The van der Waals surface area contributed by atoms with Crippen molar-refractivity contribution in [3.8, 4) is 16.9 Å². The van der Waals surface area contributed by atoms with Crippen molar-refractivity contribution in [2.45, 2.75) is 26.2 Å². The fourth-order valence-corrected chi connectivity index (χ4v) is 3.19. The van der Waals surface area contributed by atoms with Gasteiger partial charge < -0.3 is 15.1 Å². The molecule has 0 saturated carbocycles. The molecule has 0 aliphatic heterocycles. The Kier molecular flexibility index (Phi) is 5.60. The van der Waals surface area contributed by atoms with Crippen LogP contribution in [0.15, 0.2) is 48.5 Å². The molecule has 3 aromatic rings. The van der Waals surface area contributed by atoms with Crippen LogP contribution in [0.5, 0.6) is 5.75 Å². The highest BCUT2D eigenvalue weighted by molar-refractivity contribution is 5.97. The molecule has 2 aromatic carbocycles. The molecule has 0 aliphatic rings. The third kappa shape index (κ3) is 4.37. The number of anilines is 1. The monoisotopic (exact) mass is 364 g/mol. The van der Waals surface area contributed by atoms with E-state index in [0.29, 0.717) is 5.82 Å². The first-order chi connectivity index (χ1) is 13.0. The van der Waals surface area contributed by atoms with Gasteiger partial charge in [-0.1, -0.05) is 31.5 Å². The van der Waals surface area contributed by atoms with Gasteiger partial charge in [0.25, 0.3) is 0 Å². The lowest BCUT2D eigenvalue weighted by Gasteiger charge is -2.19. The molecule has 0 radical (unpaired) electrons. The maximum Gasteiger partial charge on any atom is 0.323 e. The number of fused-ring (bicyclic) bond motifs is 1. The van der Waals surface area contributed by atoms with Crippen LogP contribution in [0.4, 0.5) is 5.82 Å². The van der Waals surface area contributed by atoms with E-state index in [1.165, 1.54) is 5.56 Å². The van der Waals surface area contributed by atoms with Gasteiger partial charge in [-0.05, 0) is 59.9 Å². The minimum atomic E-state index is -0.909. The molecule has 1 aromatic heterocycles. The Morgan fingerprint density at radius 3 is 2.67 bits per heavy atom. The number of carbonyl (C=O) groups is 1. The quantitative estimate of drug-likeness (QED) is 0.647. The second kappa shape index (κ2) is 8.08. The summed E-state index contributed by atoms with van der Waals surface area (Å²) in [5, 5.41) is 20.0. The fourth-order valence-electron chi connectivity index (χ4n) is 3.19. The number of likely N-dealkylation sites (N-methyl/N-ethyl adjacent to an activating group) is 1. The Hall–Kier alpha value is -3.08. The Morgan fingerprint density at radius 2 is 1.96 bits per heavy atom. The van der Waals surface area contributed by atoms with Gasteiger partial charge in [-0.15, -0.1) is 0 Å².